The minimum atomic E-state index is -0.614. The topological polar surface area (TPSA) is 80.0 Å². The molecule has 0 fully saturated rings. The number of furan rings is 1. The molecule has 2 aromatic carbocycles. The molecule has 0 N–H and O–H groups in total. The van der Waals surface area contributed by atoms with Gasteiger partial charge in [0.15, 0.2) is 11.5 Å². The van der Waals surface area contributed by atoms with Crippen molar-refractivity contribution in [2.45, 2.75) is 13.2 Å². The molecule has 0 saturated carbocycles. The fourth-order valence-corrected chi connectivity index (χ4v) is 3.84. The molecule has 0 amide bonds. The summed E-state index contributed by atoms with van der Waals surface area (Å²) in [5.74, 6) is 1.21. The smallest absolute Gasteiger partial charge is 0.374 e. The number of carbonyl (C=O) groups is 1. The summed E-state index contributed by atoms with van der Waals surface area (Å²) in [5.41, 5.74) is 1.39. The Morgan fingerprint density at radius 1 is 1.03 bits per heavy atom. The number of carbonyl (C=O) groups excluding carboxylic acids is 1. The number of benzene rings is 2. The average molecular weight is 469 g/mol. The zero-order valence-electron chi connectivity index (χ0n) is 17.9. The SMILES string of the molecule is COc1cccc(-c2nc(COC(=O)c3ccc(COc4ccc(F)cc4)o3)cs2)c1OC. The molecule has 7 nitrogen and oxygen atoms in total. The van der Waals surface area contributed by atoms with Gasteiger partial charge in [-0.05, 0) is 48.5 Å². The van der Waals surface area contributed by atoms with Gasteiger partial charge in [0.05, 0.1) is 25.5 Å². The number of rotatable bonds is 9. The van der Waals surface area contributed by atoms with Crippen molar-refractivity contribution in [3.8, 4) is 27.8 Å². The highest BCUT2D eigenvalue weighted by atomic mass is 32.1. The van der Waals surface area contributed by atoms with Crippen LogP contribution in [0.1, 0.15) is 22.0 Å². The monoisotopic (exact) mass is 469 g/mol. The summed E-state index contributed by atoms with van der Waals surface area (Å²) in [6, 6.07) is 14.3. The number of thiazole rings is 1. The zero-order chi connectivity index (χ0) is 23.2. The first-order valence-corrected chi connectivity index (χ1v) is 10.8. The largest absolute Gasteiger partial charge is 0.493 e. The molecular formula is C24H20FNO6S. The molecule has 0 unspecified atom stereocenters. The number of ether oxygens (including phenoxy) is 4. The number of nitrogens with zero attached hydrogens (tertiary/aromatic N) is 1. The summed E-state index contributed by atoms with van der Waals surface area (Å²) < 4.78 is 40.1. The van der Waals surface area contributed by atoms with E-state index in [0.717, 1.165) is 10.6 Å². The maximum absolute atomic E-state index is 13.0. The van der Waals surface area contributed by atoms with Crippen molar-refractivity contribution >= 4 is 17.3 Å². The molecule has 0 bridgehead atoms. The van der Waals surface area contributed by atoms with Crippen molar-refractivity contribution in [2.24, 2.45) is 0 Å². The maximum atomic E-state index is 13.0. The second-order valence-corrected chi connectivity index (χ2v) is 7.63. The number of hydrogen-bond acceptors (Lipinski definition) is 8. The van der Waals surface area contributed by atoms with Gasteiger partial charge in [0.25, 0.3) is 0 Å². The van der Waals surface area contributed by atoms with Crippen LogP contribution >= 0.6 is 11.3 Å². The quantitative estimate of drug-likeness (QED) is 0.300. The summed E-state index contributed by atoms with van der Waals surface area (Å²) in [5, 5.41) is 2.53. The third-order valence-corrected chi connectivity index (χ3v) is 5.52. The highest BCUT2D eigenvalue weighted by Crippen LogP contribution is 2.39. The average Bonchev–Trinajstić information content (AvgIpc) is 3.51. The van der Waals surface area contributed by atoms with Crippen LogP contribution in [0.2, 0.25) is 0 Å². The van der Waals surface area contributed by atoms with Crippen molar-refractivity contribution in [1.29, 1.82) is 0 Å². The van der Waals surface area contributed by atoms with Gasteiger partial charge in [-0.1, -0.05) is 6.07 Å². The first kappa shape index (κ1) is 22.3. The first-order valence-electron chi connectivity index (χ1n) is 9.87. The predicted molar refractivity (Wildman–Crippen MR) is 119 cm³/mol. The van der Waals surface area contributed by atoms with E-state index in [1.807, 2.05) is 17.5 Å². The normalized spacial score (nSPS) is 10.6. The molecule has 0 aliphatic carbocycles. The summed E-state index contributed by atoms with van der Waals surface area (Å²) in [4.78, 5) is 16.9. The molecule has 9 heteroatoms. The lowest BCUT2D eigenvalue weighted by Gasteiger charge is -2.10. The molecule has 0 spiro atoms. The summed E-state index contributed by atoms with van der Waals surface area (Å²) in [6.45, 7) is 0.0838. The third-order valence-electron chi connectivity index (χ3n) is 4.59. The van der Waals surface area contributed by atoms with Crippen molar-refractivity contribution in [3.63, 3.8) is 0 Å². The Morgan fingerprint density at radius 3 is 2.61 bits per heavy atom. The molecule has 0 radical (unpaired) electrons. The molecule has 0 aliphatic heterocycles. The van der Waals surface area contributed by atoms with Crippen LogP contribution < -0.4 is 14.2 Å². The molecule has 0 atom stereocenters. The van der Waals surface area contributed by atoms with E-state index in [2.05, 4.69) is 4.98 Å². The van der Waals surface area contributed by atoms with Crippen LogP contribution in [0, 0.1) is 5.82 Å². The lowest BCUT2D eigenvalue weighted by Crippen LogP contribution is -2.04. The van der Waals surface area contributed by atoms with E-state index >= 15 is 0 Å². The Balaban J connectivity index is 1.34. The molecule has 170 valence electrons. The van der Waals surface area contributed by atoms with Crippen LogP contribution in [0.4, 0.5) is 4.39 Å². The number of halogens is 1. The number of hydrogen-bond donors (Lipinski definition) is 0. The summed E-state index contributed by atoms with van der Waals surface area (Å²) in [6.07, 6.45) is 0. The Morgan fingerprint density at radius 2 is 1.85 bits per heavy atom. The van der Waals surface area contributed by atoms with Gasteiger partial charge in [0, 0.05) is 5.38 Å². The first-order chi connectivity index (χ1) is 16.1. The second-order valence-electron chi connectivity index (χ2n) is 6.77. The van der Waals surface area contributed by atoms with Crippen LogP contribution in [0.5, 0.6) is 17.2 Å². The van der Waals surface area contributed by atoms with Crippen molar-refractivity contribution < 1.29 is 32.5 Å². The van der Waals surface area contributed by atoms with Crippen LogP contribution in [-0.2, 0) is 18.0 Å². The van der Waals surface area contributed by atoms with Crippen molar-refractivity contribution in [3.05, 3.63) is 83.0 Å². The van der Waals surface area contributed by atoms with E-state index in [9.17, 15) is 9.18 Å². The van der Waals surface area contributed by atoms with E-state index in [-0.39, 0.29) is 24.8 Å². The van der Waals surface area contributed by atoms with Gasteiger partial charge in [-0.15, -0.1) is 11.3 Å². The van der Waals surface area contributed by atoms with Crippen LogP contribution in [0.15, 0.2) is 64.4 Å². The summed E-state index contributed by atoms with van der Waals surface area (Å²) in [7, 11) is 3.14. The second kappa shape index (κ2) is 10.2. The third kappa shape index (κ3) is 5.32. The Labute approximate surface area is 193 Å². The number of esters is 1. The van der Waals surface area contributed by atoms with Crippen molar-refractivity contribution in [2.75, 3.05) is 14.2 Å². The minimum Gasteiger partial charge on any atom is -0.493 e. The fourth-order valence-electron chi connectivity index (χ4n) is 3.01. The van der Waals surface area contributed by atoms with Gasteiger partial charge < -0.3 is 23.4 Å². The van der Waals surface area contributed by atoms with Crippen molar-refractivity contribution in [1.82, 2.24) is 4.98 Å². The van der Waals surface area contributed by atoms with E-state index in [1.54, 1.807) is 26.4 Å². The lowest BCUT2D eigenvalue weighted by atomic mass is 10.2. The minimum absolute atomic E-state index is 0.0102. The van der Waals surface area contributed by atoms with Gasteiger partial charge >= 0.3 is 5.97 Å². The summed E-state index contributed by atoms with van der Waals surface area (Å²) >= 11 is 1.41. The molecule has 33 heavy (non-hydrogen) atoms. The molecular weight excluding hydrogens is 449 g/mol. The van der Waals surface area contributed by atoms with E-state index < -0.39 is 5.97 Å². The van der Waals surface area contributed by atoms with E-state index in [1.165, 1.54) is 41.7 Å². The fraction of sp³-hybridized carbons (Fsp3) is 0.167. The Hall–Kier alpha value is -3.85. The Kier molecular flexibility index (Phi) is 6.89. The van der Waals surface area contributed by atoms with E-state index in [0.29, 0.717) is 28.7 Å². The van der Waals surface area contributed by atoms with Gasteiger partial charge in [0.1, 0.15) is 35.5 Å². The molecule has 0 aliphatic rings. The maximum Gasteiger partial charge on any atom is 0.374 e. The highest BCUT2D eigenvalue weighted by Gasteiger charge is 2.17. The predicted octanol–water partition coefficient (Wildman–Crippen LogP) is 5.50. The van der Waals surface area contributed by atoms with Gasteiger partial charge in [0.2, 0.25) is 5.76 Å². The number of aromatic nitrogens is 1. The lowest BCUT2D eigenvalue weighted by molar-refractivity contribution is 0.0428. The van der Waals surface area contributed by atoms with Gasteiger partial charge in [-0.3, -0.25) is 0 Å². The highest BCUT2D eigenvalue weighted by molar-refractivity contribution is 7.13. The van der Waals surface area contributed by atoms with Crippen LogP contribution in [-0.4, -0.2) is 25.2 Å². The molecule has 4 rings (SSSR count). The molecule has 2 aromatic heterocycles. The molecule has 0 saturated heterocycles. The van der Waals surface area contributed by atoms with Gasteiger partial charge in [-0.2, -0.15) is 0 Å². The number of methoxy groups -OCH3 is 2. The standard InChI is InChI=1S/C24H20FNO6S/c1-28-20-5-3-4-19(22(20)29-2)23-26-16(14-33-23)12-31-24(27)21-11-10-18(32-21)13-30-17-8-6-15(25)7-9-17/h3-11,14H,12-13H2,1-2H3. The Bertz CT molecular complexity index is 1230. The number of para-hydroxylation sites is 1. The zero-order valence-corrected chi connectivity index (χ0v) is 18.7. The van der Waals surface area contributed by atoms with E-state index in [4.69, 9.17) is 23.4 Å². The van der Waals surface area contributed by atoms with Crippen LogP contribution in [0.3, 0.4) is 0 Å². The van der Waals surface area contributed by atoms with Gasteiger partial charge in [-0.25, -0.2) is 14.2 Å². The molecule has 4 aromatic rings. The molecule has 2 heterocycles. The van der Waals surface area contributed by atoms with Crippen LogP contribution in [0.25, 0.3) is 10.6 Å².